The van der Waals surface area contributed by atoms with E-state index >= 15 is 0 Å². The van der Waals surface area contributed by atoms with E-state index in [9.17, 15) is 26.8 Å². The quantitative estimate of drug-likeness (QED) is 0.392. The Bertz CT molecular complexity index is 1660. The van der Waals surface area contributed by atoms with Crippen LogP contribution in [0.1, 0.15) is 10.4 Å². The normalized spacial score (nSPS) is 14.0. The molecule has 2 amide bonds. The molecule has 0 aliphatic carbocycles. The molecule has 11 heteroatoms. The summed E-state index contributed by atoms with van der Waals surface area (Å²) < 4.78 is 53.0. The number of sulfone groups is 1. The summed E-state index contributed by atoms with van der Waals surface area (Å²) in [5.41, 5.74) is 1.40. The van der Waals surface area contributed by atoms with Crippen LogP contribution in [0.2, 0.25) is 0 Å². The lowest BCUT2D eigenvalue weighted by molar-refractivity contribution is -0.129. The van der Waals surface area contributed by atoms with E-state index in [1.807, 2.05) is 6.07 Å². The number of hydrogen-bond donors (Lipinski definition) is 1. The molecule has 1 saturated heterocycles. The van der Waals surface area contributed by atoms with Gasteiger partial charge >= 0.3 is 0 Å². The fourth-order valence-electron chi connectivity index (χ4n) is 4.75. The molecule has 1 aromatic heterocycles. The number of rotatable bonds is 6. The van der Waals surface area contributed by atoms with Gasteiger partial charge in [0, 0.05) is 49.7 Å². The lowest BCUT2D eigenvalue weighted by Crippen LogP contribution is -2.52. The molecule has 0 saturated carbocycles. The highest BCUT2D eigenvalue weighted by atomic mass is 32.2. The van der Waals surface area contributed by atoms with E-state index in [4.69, 9.17) is 0 Å². The van der Waals surface area contributed by atoms with Gasteiger partial charge in [-0.2, -0.15) is 0 Å². The summed E-state index contributed by atoms with van der Waals surface area (Å²) in [5, 5.41) is 0.915. The Morgan fingerprint density at radius 2 is 1.69 bits per heavy atom. The van der Waals surface area contributed by atoms with Crippen molar-refractivity contribution in [1.82, 2.24) is 9.88 Å². The fraction of sp³-hybridized carbons (Fsp3) is 0.214. The number of nitrogens with zero attached hydrogens (tertiary/aromatic N) is 3. The van der Waals surface area contributed by atoms with Crippen LogP contribution in [0.4, 0.5) is 20.2 Å². The summed E-state index contributed by atoms with van der Waals surface area (Å²) >= 11 is 0. The molecule has 0 spiro atoms. The van der Waals surface area contributed by atoms with Gasteiger partial charge in [0.25, 0.3) is 5.91 Å². The second-order valence-electron chi connectivity index (χ2n) is 9.37. The molecule has 2 heterocycles. The van der Waals surface area contributed by atoms with Gasteiger partial charge in [0.2, 0.25) is 5.91 Å². The van der Waals surface area contributed by atoms with Crippen molar-refractivity contribution in [3.05, 3.63) is 90.1 Å². The van der Waals surface area contributed by atoms with Crippen LogP contribution in [-0.2, 0) is 14.6 Å². The molecule has 1 fully saturated rings. The third-order valence-electron chi connectivity index (χ3n) is 6.78. The van der Waals surface area contributed by atoms with Gasteiger partial charge in [0.15, 0.2) is 9.84 Å². The average molecular weight is 553 g/mol. The predicted octanol–water partition coefficient (Wildman–Crippen LogP) is 3.85. The predicted molar refractivity (Wildman–Crippen MR) is 145 cm³/mol. The van der Waals surface area contributed by atoms with Crippen molar-refractivity contribution in [2.24, 2.45) is 0 Å². The summed E-state index contributed by atoms with van der Waals surface area (Å²) in [6.07, 6.45) is 2.77. The van der Waals surface area contributed by atoms with Crippen LogP contribution in [0, 0.1) is 11.6 Å². The highest BCUT2D eigenvalue weighted by Crippen LogP contribution is 2.28. The topological polar surface area (TPSA) is 93.8 Å². The van der Waals surface area contributed by atoms with E-state index in [0.29, 0.717) is 24.3 Å². The summed E-state index contributed by atoms with van der Waals surface area (Å²) in [5.74, 6) is -2.18. The Labute approximate surface area is 224 Å². The molecule has 39 heavy (non-hydrogen) atoms. The first kappa shape index (κ1) is 26.4. The smallest absolute Gasteiger partial charge is 0.258 e. The van der Waals surface area contributed by atoms with Gasteiger partial charge in [-0.3, -0.25) is 14.5 Å². The van der Waals surface area contributed by atoms with E-state index in [1.165, 1.54) is 30.3 Å². The molecule has 1 aliphatic heterocycles. The monoisotopic (exact) mass is 552 g/mol. The summed E-state index contributed by atoms with van der Waals surface area (Å²) in [6.45, 7) is 0.710. The van der Waals surface area contributed by atoms with Gasteiger partial charge in [-0.1, -0.05) is 18.2 Å². The number of fused-ring (bicyclic) bond motifs is 1. The Morgan fingerprint density at radius 3 is 2.41 bits per heavy atom. The van der Waals surface area contributed by atoms with Crippen molar-refractivity contribution >= 4 is 43.9 Å². The number of aromatic amines is 1. The number of halogens is 2. The van der Waals surface area contributed by atoms with Gasteiger partial charge in [0.05, 0.1) is 16.3 Å². The highest BCUT2D eigenvalue weighted by Gasteiger charge is 2.29. The minimum atomic E-state index is -3.68. The first-order chi connectivity index (χ1) is 18.6. The molecule has 1 aliphatic rings. The van der Waals surface area contributed by atoms with Crippen molar-refractivity contribution in [1.29, 1.82) is 0 Å². The number of H-pyrrole nitrogens is 1. The average Bonchev–Trinajstić information content (AvgIpc) is 3.39. The van der Waals surface area contributed by atoms with Crippen LogP contribution in [0.5, 0.6) is 0 Å². The van der Waals surface area contributed by atoms with Gasteiger partial charge in [0.1, 0.15) is 18.2 Å². The second-order valence-corrected chi connectivity index (χ2v) is 11.4. The van der Waals surface area contributed by atoms with Crippen LogP contribution in [0.15, 0.2) is 77.8 Å². The Balaban J connectivity index is 1.35. The second kappa shape index (κ2) is 10.5. The van der Waals surface area contributed by atoms with Crippen molar-refractivity contribution in [3.63, 3.8) is 0 Å². The van der Waals surface area contributed by atoms with Crippen molar-refractivity contribution < 1.29 is 26.8 Å². The molecule has 4 aromatic rings. The minimum Gasteiger partial charge on any atom is -0.367 e. The first-order valence-corrected chi connectivity index (χ1v) is 14.2. The molecule has 0 bridgehead atoms. The van der Waals surface area contributed by atoms with E-state index in [2.05, 4.69) is 4.98 Å². The number of carbonyl (C=O) groups excluding carboxylic acids is 2. The zero-order valence-corrected chi connectivity index (χ0v) is 21.9. The molecular formula is C28H26F2N4O4S. The zero-order valence-electron chi connectivity index (χ0n) is 21.1. The van der Waals surface area contributed by atoms with E-state index in [0.717, 1.165) is 28.1 Å². The lowest BCUT2D eigenvalue weighted by Gasteiger charge is -2.37. The Hall–Kier alpha value is -4.25. The number of nitrogens with one attached hydrogen (secondary N) is 1. The zero-order chi connectivity index (χ0) is 27.7. The lowest BCUT2D eigenvalue weighted by atomic mass is 10.1. The van der Waals surface area contributed by atoms with E-state index < -0.39 is 27.4 Å². The maximum Gasteiger partial charge on any atom is 0.258 e. The summed E-state index contributed by atoms with van der Waals surface area (Å²) in [6, 6.07) is 16.3. The molecule has 8 nitrogen and oxygen atoms in total. The van der Waals surface area contributed by atoms with Crippen molar-refractivity contribution in [3.8, 4) is 0 Å². The van der Waals surface area contributed by atoms with Gasteiger partial charge in [-0.15, -0.1) is 0 Å². The number of piperazine rings is 1. The number of carbonyl (C=O) groups is 2. The Kier molecular flexibility index (Phi) is 7.09. The summed E-state index contributed by atoms with van der Waals surface area (Å²) in [7, 11) is -3.68. The van der Waals surface area contributed by atoms with Crippen LogP contribution in [-0.4, -0.2) is 69.1 Å². The largest absolute Gasteiger partial charge is 0.367 e. The van der Waals surface area contributed by atoms with E-state index in [-0.39, 0.29) is 36.1 Å². The molecule has 5 rings (SSSR count). The SMILES string of the molecule is CS(=O)(=O)c1cc(F)ccc1N1CCN(C(=O)CN(C(=O)c2ccc3cc[nH]c3c2)c2ccccc2F)CC1. The van der Waals surface area contributed by atoms with Crippen LogP contribution < -0.4 is 9.80 Å². The molecule has 0 radical (unpaired) electrons. The van der Waals surface area contributed by atoms with Crippen molar-refractivity contribution in [2.45, 2.75) is 4.90 Å². The van der Waals surface area contributed by atoms with Crippen molar-refractivity contribution in [2.75, 3.05) is 48.8 Å². The molecule has 0 unspecified atom stereocenters. The number of aromatic nitrogens is 1. The molecule has 0 atom stereocenters. The Morgan fingerprint density at radius 1 is 0.949 bits per heavy atom. The van der Waals surface area contributed by atoms with Crippen LogP contribution in [0.25, 0.3) is 10.9 Å². The van der Waals surface area contributed by atoms with Gasteiger partial charge < -0.3 is 14.8 Å². The molecule has 3 aromatic carbocycles. The third kappa shape index (κ3) is 5.49. The molecule has 1 N–H and O–H groups in total. The number of para-hydroxylation sites is 1. The van der Waals surface area contributed by atoms with Gasteiger partial charge in [-0.05, 0) is 53.9 Å². The number of amides is 2. The fourth-order valence-corrected chi connectivity index (χ4v) is 5.66. The number of hydrogen-bond acceptors (Lipinski definition) is 5. The first-order valence-electron chi connectivity index (χ1n) is 12.3. The maximum atomic E-state index is 14.8. The number of benzene rings is 3. The maximum absolute atomic E-state index is 14.8. The van der Waals surface area contributed by atoms with Gasteiger partial charge in [-0.25, -0.2) is 17.2 Å². The summed E-state index contributed by atoms with van der Waals surface area (Å²) in [4.78, 5) is 34.3. The molecule has 202 valence electrons. The van der Waals surface area contributed by atoms with Crippen LogP contribution >= 0.6 is 0 Å². The van der Waals surface area contributed by atoms with E-state index in [1.54, 1.807) is 40.3 Å². The number of anilines is 2. The standard InChI is InChI=1S/C28H26F2N4O4S/c1-39(37,38)26-17-21(29)8-9-25(26)32-12-14-33(15-13-32)27(35)18-34(24-5-3-2-4-22(24)30)28(36)20-7-6-19-10-11-31-23(19)16-20/h2-11,16-17,31H,12-15,18H2,1H3. The highest BCUT2D eigenvalue weighted by molar-refractivity contribution is 7.90. The van der Waals surface area contributed by atoms with Crippen LogP contribution in [0.3, 0.4) is 0 Å². The minimum absolute atomic E-state index is 0.00910. The molecular weight excluding hydrogens is 526 g/mol. The third-order valence-corrected chi connectivity index (χ3v) is 7.90.